The van der Waals surface area contributed by atoms with Crippen LogP contribution in [-0.2, 0) is 0 Å². The lowest BCUT2D eigenvalue weighted by molar-refractivity contribution is 0.0997. The van der Waals surface area contributed by atoms with E-state index in [1.54, 1.807) is 49.6 Å². The number of amides is 1. The van der Waals surface area contributed by atoms with E-state index in [4.69, 9.17) is 36.8 Å². The molecule has 0 fully saturated rings. The summed E-state index contributed by atoms with van der Waals surface area (Å²) in [5, 5.41) is 3.78. The van der Waals surface area contributed by atoms with Crippen molar-refractivity contribution in [1.29, 1.82) is 0 Å². The molecule has 5 rings (SSSR count). The molecule has 0 saturated carbocycles. The Kier molecular flexibility index (Phi) is 5.54. The van der Waals surface area contributed by atoms with Crippen molar-refractivity contribution < 1.29 is 18.4 Å². The number of furan rings is 1. The number of fused-ring (bicyclic) bond motifs is 1. The highest BCUT2D eigenvalue weighted by Crippen LogP contribution is 2.32. The molecule has 6 nitrogen and oxygen atoms in total. The summed E-state index contributed by atoms with van der Waals surface area (Å²) in [6.45, 7) is 0. The molecule has 2 aromatic heterocycles. The zero-order valence-electron chi connectivity index (χ0n) is 17.3. The highest BCUT2D eigenvalue weighted by atomic mass is 35.5. The van der Waals surface area contributed by atoms with E-state index in [0.29, 0.717) is 49.8 Å². The summed E-state index contributed by atoms with van der Waals surface area (Å²) >= 11 is 12.2. The molecule has 5 aromatic rings. The number of hydrogen-bond donors (Lipinski definition) is 1. The van der Waals surface area contributed by atoms with Crippen molar-refractivity contribution in [1.82, 2.24) is 4.98 Å². The monoisotopic (exact) mass is 478 g/mol. The number of methoxy groups -OCH3 is 1. The van der Waals surface area contributed by atoms with Crippen molar-refractivity contribution in [2.75, 3.05) is 12.4 Å². The Morgan fingerprint density at radius 1 is 0.939 bits per heavy atom. The molecule has 0 aliphatic carbocycles. The van der Waals surface area contributed by atoms with Gasteiger partial charge in [-0.1, -0.05) is 23.2 Å². The lowest BCUT2D eigenvalue weighted by atomic mass is 10.2. The number of nitrogens with one attached hydrogen (secondary N) is 1. The minimum atomic E-state index is -0.381. The summed E-state index contributed by atoms with van der Waals surface area (Å²) in [5.41, 5.74) is 3.40. The zero-order chi connectivity index (χ0) is 22.9. The van der Waals surface area contributed by atoms with Gasteiger partial charge in [0.2, 0.25) is 5.89 Å². The van der Waals surface area contributed by atoms with Gasteiger partial charge in [-0.15, -0.1) is 0 Å². The van der Waals surface area contributed by atoms with E-state index in [1.165, 1.54) is 0 Å². The first-order valence-corrected chi connectivity index (χ1v) is 10.7. The summed E-state index contributed by atoms with van der Waals surface area (Å²) in [4.78, 5) is 17.1. The Morgan fingerprint density at radius 2 is 1.76 bits per heavy atom. The van der Waals surface area contributed by atoms with Crippen molar-refractivity contribution in [3.63, 3.8) is 0 Å². The number of hydrogen-bond acceptors (Lipinski definition) is 5. The second kappa shape index (κ2) is 8.65. The summed E-state index contributed by atoms with van der Waals surface area (Å²) in [5.74, 6) is 1.44. The van der Waals surface area contributed by atoms with Crippen molar-refractivity contribution in [3.05, 3.63) is 88.6 Å². The first-order valence-electron chi connectivity index (χ1n) is 9.92. The Balaban J connectivity index is 1.31. The number of rotatable bonds is 5. The Labute approximate surface area is 198 Å². The van der Waals surface area contributed by atoms with E-state index in [1.807, 2.05) is 30.3 Å². The van der Waals surface area contributed by atoms with Crippen molar-refractivity contribution >= 4 is 45.9 Å². The van der Waals surface area contributed by atoms with Crippen LogP contribution >= 0.6 is 23.2 Å². The number of benzene rings is 3. The molecule has 2 heterocycles. The molecule has 0 aliphatic heterocycles. The van der Waals surface area contributed by atoms with Crippen molar-refractivity contribution in [2.45, 2.75) is 0 Å². The van der Waals surface area contributed by atoms with E-state index in [-0.39, 0.29) is 11.7 Å². The fourth-order valence-electron chi connectivity index (χ4n) is 3.34. The predicted octanol–water partition coefficient (Wildman–Crippen LogP) is 7.32. The van der Waals surface area contributed by atoms with Gasteiger partial charge < -0.3 is 18.9 Å². The average Bonchev–Trinajstić information content (AvgIpc) is 3.46. The number of halogens is 2. The topological polar surface area (TPSA) is 77.5 Å². The number of carbonyl (C=O) groups excluding carboxylic acids is 1. The highest BCUT2D eigenvalue weighted by molar-refractivity contribution is 6.36. The molecule has 0 spiro atoms. The lowest BCUT2D eigenvalue weighted by Gasteiger charge is -2.04. The molecule has 8 heteroatoms. The van der Waals surface area contributed by atoms with E-state index in [0.717, 1.165) is 5.56 Å². The van der Waals surface area contributed by atoms with E-state index in [2.05, 4.69) is 10.3 Å². The molecule has 0 radical (unpaired) electrons. The number of oxazole rings is 1. The van der Waals surface area contributed by atoms with Gasteiger partial charge in [0, 0.05) is 27.9 Å². The fourth-order valence-corrected chi connectivity index (χ4v) is 3.84. The first kappa shape index (κ1) is 21.1. The minimum Gasteiger partial charge on any atom is -0.497 e. The van der Waals surface area contributed by atoms with Crippen LogP contribution in [0.1, 0.15) is 10.6 Å². The largest absolute Gasteiger partial charge is 0.497 e. The zero-order valence-corrected chi connectivity index (χ0v) is 18.8. The van der Waals surface area contributed by atoms with Crippen LogP contribution in [0.3, 0.4) is 0 Å². The van der Waals surface area contributed by atoms with E-state index in [9.17, 15) is 4.79 Å². The maximum absolute atomic E-state index is 12.6. The molecule has 0 saturated heterocycles. The summed E-state index contributed by atoms with van der Waals surface area (Å²) in [6, 6.07) is 21.0. The smallest absolute Gasteiger partial charge is 0.291 e. The Bertz CT molecular complexity index is 1470. The van der Waals surface area contributed by atoms with Gasteiger partial charge in [-0.2, -0.15) is 0 Å². The lowest BCUT2D eigenvalue weighted by Crippen LogP contribution is -2.10. The maximum atomic E-state index is 12.6. The van der Waals surface area contributed by atoms with Gasteiger partial charge in [-0.05, 0) is 66.7 Å². The third kappa shape index (κ3) is 4.31. The second-order valence-electron chi connectivity index (χ2n) is 7.17. The van der Waals surface area contributed by atoms with Gasteiger partial charge in [-0.3, -0.25) is 4.79 Å². The van der Waals surface area contributed by atoms with Crippen LogP contribution in [-0.4, -0.2) is 18.0 Å². The molecular weight excluding hydrogens is 463 g/mol. The number of ether oxygens (including phenoxy) is 1. The van der Waals surface area contributed by atoms with E-state index >= 15 is 0 Å². The normalized spacial score (nSPS) is 11.0. The van der Waals surface area contributed by atoms with Gasteiger partial charge in [0.05, 0.1) is 12.1 Å². The number of aromatic nitrogens is 1. The minimum absolute atomic E-state index is 0.160. The number of anilines is 1. The molecule has 0 bridgehead atoms. The van der Waals surface area contributed by atoms with Gasteiger partial charge in [0.15, 0.2) is 11.3 Å². The molecule has 3 aromatic carbocycles. The SMILES string of the molecule is COc1ccc2oc(-c3ccc(NC(=O)c4ccc(-c5ccc(Cl)cc5Cl)o4)cc3)nc2c1. The second-order valence-corrected chi connectivity index (χ2v) is 8.02. The van der Waals surface area contributed by atoms with Crippen LogP contribution in [0.5, 0.6) is 5.75 Å². The number of carbonyl (C=O) groups is 1. The fraction of sp³-hybridized carbons (Fsp3) is 0.0400. The Hall–Kier alpha value is -3.74. The molecule has 1 amide bonds. The van der Waals surface area contributed by atoms with Crippen LogP contribution in [0, 0.1) is 0 Å². The van der Waals surface area contributed by atoms with Crippen molar-refractivity contribution in [2.24, 2.45) is 0 Å². The van der Waals surface area contributed by atoms with Crippen LogP contribution in [0.4, 0.5) is 5.69 Å². The average molecular weight is 479 g/mol. The van der Waals surface area contributed by atoms with Crippen molar-refractivity contribution in [3.8, 4) is 28.5 Å². The molecule has 33 heavy (non-hydrogen) atoms. The molecule has 0 unspecified atom stereocenters. The molecule has 164 valence electrons. The van der Waals surface area contributed by atoms with Gasteiger partial charge in [0.25, 0.3) is 5.91 Å². The third-order valence-corrected chi connectivity index (χ3v) is 5.56. The van der Waals surface area contributed by atoms with E-state index < -0.39 is 0 Å². The molecule has 1 N–H and O–H groups in total. The quantitative estimate of drug-likeness (QED) is 0.286. The number of nitrogens with zero attached hydrogens (tertiary/aromatic N) is 1. The summed E-state index contributed by atoms with van der Waals surface area (Å²) < 4.78 is 16.7. The molecule has 0 atom stereocenters. The third-order valence-electron chi connectivity index (χ3n) is 5.01. The van der Waals surface area contributed by atoms with Crippen LogP contribution in [0.2, 0.25) is 10.0 Å². The standard InChI is InChI=1S/C25H16Cl2N2O4/c1-31-17-7-9-22-20(13-17)29-25(33-22)14-2-5-16(6-3-14)28-24(30)23-11-10-21(32-23)18-8-4-15(26)12-19(18)27/h2-13H,1H3,(H,28,30). The summed E-state index contributed by atoms with van der Waals surface area (Å²) in [7, 11) is 1.60. The van der Waals surface area contributed by atoms with Gasteiger partial charge in [-0.25, -0.2) is 4.98 Å². The highest BCUT2D eigenvalue weighted by Gasteiger charge is 2.15. The Morgan fingerprint density at radius 3 is 2.52 bits per heavy atom. The first-order chi connectivity index (χ1) is 16.0. The van der Waals surface area contributed by atoms with Crippen LogP contribution < -0.4 is 10.1 Å². The van der Waals surface area contributed by atoms with Crippen LogP contribution in [0.25, 0.3) is 33.9 Å². The van der Waals surface area contributed by atoms with Gasteiger partial charge in [0.1, 0.15) is 17.0 Å². The molecular formula is C25H16Cl2N2O4. The predicted molar refractivity (Wildman–Crippen MR) is 128 cm³/mol. The maximum Gasteiger partial charge on any atom is 0.291 e. The van der Waals surface area contributed by atoms with Crippen LogP contribution in [0.15, 0.2) is 81.6 Å². The van der Waals surface area contributed by atoms with Gasteiger partial charge >= 0.3 is 0 Å². The summed E-state index contributed by atoms with van der Waals surface area (Å²) in [6.07, 6.45) is 0. The molecule has 0 aliphatic rings.